The summed E-state index contributed by atoms with van der Waals surface area (Å²) in [5.41, 5.74) is 0.756. The quantitative estimate of drug-likeness (QED) is 0.411. The number of benzene rings is 2. The molecule has 8 heteroatoms. The van der Waals surface area contributed by atoms with Gasteiger partial charge >= 0.3 is 5.97 Å². The molecule has 0 radical (unpaired) electrons. The van der Waals surface area contributed by atoms with Gasteiger partial charge in [0.25, 0.3) is 0 Å². The lowest BCUT2D eigenvalue weighted by Gasteiger charge is -2.53. The van der Waals surface area contributed by atoms with E-state index in [1.54, 1.807) is 14.2 Å². The van der Waals surface area contributed by atoms with Crippen LogP contribution in [-0.4, -0.2) is 62.4 Å². The molecule has 3 saturated heterocycles. The van der Waals surface area contributed by atoms with Crippen LogP contribution in [0, 0.1) is 0 Å². The molecule has 5 rings (SSSR count). The zero-order chi connectivity index (χ0) is 27.5. The second-order valence-corrected chi connectivity index (χ2v) is 11.2. The van der Waals surface area contributed by atoms with Crippen molar-refractivity contribution >= 4 is 5.97 Å². The third-order valence-electron chi connectivity index (χ3n) is 8.23. The van der Waals surface area contributed by atoms with Crippen LogP contribution in [0.25, 0.3) is 0 Å². The van der Waals surface area contributed by atoms with Crippen molar-refractivity contribution in [3.05, 3.63) is 59.7 Å². The van der Waals surface area contributed by atoms with Crippen molar-refractivity contribution in [2.24, 2.45) is 0 Å². The van der Waals surface area contributed by atoms with Gasteiger partial charge in [-0.15, -0.1) is 0 Å². The molecule has 2 aromatic rings. The summed E-state index contributed by atoms with van der Waals surface area (Å²) in [6, 6.07) is 15.7. The van der Waals surface area contributed by atoms with Crippen molar-refractivity contribution in [2.75, 3.05) is 20.8 Å². The highest BCUT2D eigenvalue weighted by molar-refractivity contribution is 5.71. The molecule has 0 aromatic heterocycles. The molecule has 0 amide bonds. The number of fused-ring (bicyclic) bond motifs is 2. The highest BCUT2D eigenvalue weighted by Crippen LogP contribution is 2.47. The van der Waals surface area contributed by atoms with Gasteiger partial charge < -0.3 is 33.2 Å². The van der Waals surface area contributed by atoms with Crippen LogP contribution in [-0.2, 0) is 41.7 Å². The Morgan fingerprint density at radius 3 is 2.08 bits per heavy atom. The maximum atomic E-state index is 12.2. The highest BCUT2D eigenvalue weighted by Gasteiger charge is 2.58. The van der Waals surface area contributed by atoms with Crippen molar-refractivity contribution in [3.63, 3.8) is 0 Å². The standard InChI is InChI=1S/C31H40O8/c1-30-20-31(2)28(15-16-29(32)39-31)37-27(30)14-13-25(36-18-22-7-11-24(34-4)12-8-22)26(38-30)19-35-17-21-5-9-23(33-3)10-6-21/h5-12,25-28H,13-20H2,1-4H3/t25-,26+,27+,28-,30-,31+/m1/s1. The summed E-state index contributed by atoms with van der Waals surface area (Å²) in [7, 11) is 3.31. The Balaban J connectivity index is 1.30. The SMILES string of the molecule is COc1ccc(COC[C@@H]2O[C@]3(C)C[C@]4(C)OC(=O)CC[C@H]4O[C@H]3CC[C@H]2OCc2ccc(OC)cc2)cc1. The highest BCUT2D eigenvalue weighted by atomic mass is 16.6. The van der Waals surface area contributed by atoms with E-state index in [2.05, 4.69) is 6.92 Å². The van der Waals surface area contributed by atoms with Gasteiger partial charge in [0.15, 0.2) is 0 Å². The number of esters is 1. The number of carbonyl (C=O) groups is 1. The third kappa shape index (κ3) is 6.40. The van der Waals surface area contributed by atoms with Crippen molar-refractivity contribution < 1.29 is 38.0 Å². The third-order valence-corrected chi connectivity index (χ3v) is 8.23. The minimum Gasteiger partial charge on any atom is -0.497 e. The molecule has 2 aromatic carbocycles. The number of rotatable bonds is 9. The van der Waals surface area contributed by atoms with E-state index in [-0.39, 0.29) is 30.4 Å². The Labute approximate surface area is 230 Å². The Hall–Kier alpha value is -2.65. The van der Waals surface area contributed by atoms with Crippen LogP contribution in [0.1, 0.15) is 57.1 Å². The number of carbonyl (C=O) groups excluding carboxylic acids is 1. The summed E-state index contributed by atoms with van der Waals surface area (Å²) in [4.78, 5) is 12.2. The number of methoxy groups -OCH3 is 2. The summed E-state index contributed by atoms with van der Waals surface area (Å²) < 4.78 is 42.5. The lowest BCUT2D eigenvalue weighted by Crippen LogP contribution is -2.64. The van der Waals surface area contributed by atoms with E-state index >= 15 is 0 Å². The number of hydrogen-bond donors (Lipinski definition) is 0. The number of ether oxygens (including phenoxy) is 7. The predicted molar refractivity (Wildman–Crippen MR) is 144 cm³/mol. The van der Waals surface area contributed by atoms with Gasteiger partial charge in [0.2, 0.25) is 0 Å². The van der Waals surface area contributed by atoms with Crippen molar-refractivity contribution in [3.8, 4) is 11.5 Å². The van der Waals surface area contributed by atoms with Crippen LogP contribution >= 0.6 is 0 Å². The molecule has 0 bridgehead atoms. The largest absolute Gasteiger partial charge is 0.497 e. The molecule has 8 nitrogen and oxygen atoms in total. The van der Waals surface area contributed by atoms with Gasteiger partial charge in [-0.3, -0.25) is 4.79 Å². The Morgan fingerprint density at radius 1 is 0.821 bits per heavy atom. The first kappa shape index (κ1) is 27.9. The molecule has 0 N–H and O–H groups in total. The van der Waals surface area contributed by atoms with Gasteiger partial charge in [-0.25, -0.2) is 0 Å². The molecule has 3 fully saturated rings. The van der Waals surface area contributed by atoms with Gasteiger partial charge in [0.05, 0.1) is 58.0 Å². The lowest BCUT2D eigenvalue weighted by molar-refractivity contribution is -0.285. The maximum Gasteiger partial charge on any atom is 0.306 e. The summed E-state index contributed by atoms with van der Waals surface area (Å²) in [6.45, 7) is 5.30. The van der Waals surface area contributed by atoms with E-state index in [0.717, 1.165) is 35.5 Å². The second-order valence-electron chi connectivity index (χ2n) is 11.2. The number of hydrogen-bond acceptors (Lipinski definition) is 8. The normalized spacial score (nSPS) is 32.4. The fourth-order valence-electron chi connectivity index (χ4n) is 6.13. The van der Waals surface area contributed by atoms with E-state index in [9.17, 15) is 4.79 Å². The first-order valence-electron chi connectivity index (χ1n) is 13.8. The first-order chi connectivity index (χ1) is 18.8. The van der Waals surface area contributed by atoms with Crippen molar-refractivity contribution in [1.82, 2.24) is 0 Å². The molecular weight excluding hydrogens is 500 g/mol. The molecule has 3 heterocycles. The van der Waals surface area contributed by atoms with Gasteiger partial charge in [0.1, 0.15) is 23.2 Å². The Kier molecular flexibility index (Phi) is 8.47. The van der Waals surface area contributed by atoms with E-state index in [0.29, 0.717) is 39.1 Å². The molecular formula is C31H40O8. The summed E-state index contributed by atoms with van der Waals surface area (Å²) in [5.74, 6) is 1.45. The van der Waals surface area contributed by atoms with E-state index in [4.69, 9.17) is 33.2 Å². The molecule has 212 valence electrons. The maximum absolute atomic E-state index is 12.2. The topological polar surface area (TPSA) is 81.7 Å². The molecule has 0 saturated carbocycles. The Bertz CT molecular complexity index is 1100. The minimum atomic E-state index is -0.709. The van der Waals surface area contributed by atoms with Crippen LogP contribution in [0.15, 0.2) is 48.5 Å². The monoisotopic (exact) mass is 540 g/mol. The molecule has 0 spiro atoms. The predicted octanol–water partition coefficient (Wildman–Crippen LogP) is 5.00. The fraction of sp³-hybridized carbons (Fsp3) is 0.581. The molecule has 3 aliphatic heterocycles. The zero-order valence-electron chi connectivity index (χ0n) is 23.4. The minimum absolute atomic E-state index is 0.119. The van der Waals surface area contributed by atoms with Crippen LogP contribution in [0.2, 0.25) is 0 Å². The van der Waals surface area contributed by atoms with Gasteiger partial charge in [-0.2, -0.15) is 0 Å². The van der Waals surface area contributed by atoms with Crippen LogP contribution in [0.5, 0.6) is 11.5 Å². The molecule has 0 aliphatic carbocycles. The molecule has 6 atom stereocenters. The average Bonchev–Trinajstić information content (AvgIpc) is 3.05. The Morgan fingerprint density at radius 2 is 1.44 bits per heavy atom. The van der Waals surface area contributed by atoms with Crippen LogP contribution < -0.4 is 9.47 Å². The van der Waals surface area contributed by atoms with Crippen LogP contribution in [0.3, 0.4) is 0 Å². The zero-order valence-corrected chi connectivity index (χ0v) is 23.4. The lowest BCUT2D eigenvalue weighted by atomic mass is 9.75. The molecule has 3 aliphatic rings. The van der Waals surface area contributed by atoms with Crippen LogP contribution in [0.4, 0.5) is 0 Å². The second kappa shape index (κ2) is 11.8. The average molecular weight is 541 g/mol. The summed E-state index contributed by atoms with van der Waals surface area (Å²) >= 11 is 0. The van der Waals surface area contributed by atoms with Gasteiger partial charge in [0, 0.05) is 12.8 Å². The van der Waals surface area contributed by atoms with Crippen molar-refractivity contribution in [2.45, 2.75) is 94.8 Å². The van der Waals surface area contributed by atoms with Crippen molar-refractivity contribution in [1.29, 1.82) is 0 Å². The molecule has 39 heavy (non-hydrogen) atoms. The fourth-order valence-corrected chi connectivity index (χ4v) is 6.13. The molecule has 0 unspecified atom stereocenters. The van der Waals surface area contributed by atoms with E-state index in [1.807, 2.05) is 55.5 Å². The first-order valence-corrected chi connectivity index (χ1v) is 13.8. The van der Waals surface area contributed by atoms with Gasteiger partial charge in [-0.1, -0.05) is 24.3 Å². The summed E-state index contributed by atoms with van der Waals surface area (Å²) in [6.07, 6.45) is 2.44. The smallest absolute Gasteiger partial charge is 0.306 e. The van der Waals surface area contributed by atoms with E-state index in [1.165, 1.54) is 0 Å². The van der Waals surface area contributed by atoms with E-state index < -0.39 is 11.2 Å². The van der Waals surface area contributed by atoms with Gasteiger partial charge in [-0.05, 0) is 68.5 Å². The summed E-state index contributed by atoms with van der Waals surface area (Å²) in [5, 5.41) is 0.